The third-order valence-electron chi connectivity index (χ3n) is 2.50. The maximum absolute atomic E-state index is 11.9. The fourth-order valence-electron chi connectivity index (χ4n) is 1.59. The molecule has 0 atom stereocenters. The second kappa shape index (κ2) is 6.07. The highest BCUT2D eigenvalue weighted by Crippen LogP contribution is 2.21. The second-order valence-electron chi connectivity index (χ2n) is 3.80. The quantitative estimate of drug-likeness (QED) is 0.918. The van der Waals surface area contributed by atoms with Crippen LogP contribution in [0.25, 0.3) is 0 Å². The summed E-state index contributed by atoms with van der Waals surface area (Å²) in [6.45, 7) is 1.34. The number of nitrogens with one attached hydrogen (secondary N) is 1. The highest BCUT2D eigenvalue weighted by Gasteiger charge is 2.09. The number of nitrogens with zero attached hydrogens (tertiary/aromatic N) is 1. The molecule has 1 amide bonds. The maximum atomic E-state index is 11.9. The molecule has 2 rings (SSSR count). The molecule has 1 N–H and O–H groups in total. The molecule has 0 saturated carbocycles. The molecule has 0 aliphatic heterocycles. The Bertz CT molecular complexity index is 540. The van der Waals surface area contributed by atoms with E-state index in [1.165, 1.54) is 0 Å². The molecule has 1 heterocycles. The van der Waals surface area contributed by atoms with Gasteiger partial charge in [0.25, 0.3) is 5.91 Å². The molecule has 0 aliphatic carbocycles. The first-order valence-electron chi connectivity index (χ1n) is 5.51. The first-order chi connectivity index (χ1) is 8.66. The predicted octanol–water partition coefficient (Wildman–Crippen LogP) is 3.33. The maximum Gasteiger partial charge on any atom is 0.252 e. The van der Waals surface area contributed by atoms with Crippen molar-refractivity contribution < 1.29 is 4.79 Å². The zero-order valence-corrected chi connectivity index (χ0v) is 11.9. The smallest absolute Gasteiger partial charge is 0.252 e. The largest absolute Gasteiger partial charge is 0.353 e. The lowest BCUT2D eigenvalue weighted by molar-refractivity contribution is 0.0951. The van der Waals surface area contributed by atoms with E-state index in [0.717, 1.165) is 6.54 Å². The van der Waals surface area contributed by atoms with Crippen molar-refractivity contribution >= 4 is 33.4 Å². The zero-order chi connectivity index (χ0) is 13.0. The molecule has 2 aromatic rings. The third kappa shape index (κ3) is 3.37. The van der Waals surface area contributed by atoms with E-state index in [2.05, 4.69) is 21.2 Å². The summed E-state index contributed by atoms with van der Waals surface area (Å²) in [5, 5.41) is 3.47. The normalized spacial score (nSPS) is 10.3. The summed E-state index contributed by atoms with van der Waals surface area (Å²) < 4.78 is 2.71. The fraction of sp³-hybridized carbons (Fsp3) is 0.154. The highest BCUT2D eigenvalue weighted by atomic mass is 79.9. The Labute approximate surface area is 119 Å². The van der Waals surface area contributed by atoms with Crippen LogP contribution in [0.4, 0.5) is 0 Å². The van der Waals surface area contributed by atoms with Crippen LogP contribution in [-0.4, -0.2) is 17.0 Å². The van der Waals surface area contributed by atoms with Gasteiger partial charge in [0.1, 0.15) is 0 Å². The van der Waals surface area contributed by atoms with Gasteiger partial charge in [0, 0.05) is 35.0 Å². The van der Waals surface area contributed by atoms with E-state index in [9.17, 15) is 4.79 Å². The van der Waals surface area contributed by atoms with Gasteiger partial charge in [-0.2, -0.15) is 0 Å². The highest BCUT2D eigenvalue weighted by molar-refractivity contribution is 9.10. The summed E-state index contributed by atoms with van der Waals surface area (Å²) in [4.78, 5) is 11.9. The minimum Gasteiger partial charge on any atom is -0.353 e. The Kier molecular flexibility index (Phi) is 4.44. The first kappa shape index (κ1) is 13.2. The minimum atomic E-state index is -0.106. The molecule has 94 valence electrons. The third-order valence-corrected chi connectivity index (χ3v) is 3.39. The van der Waals surface area contributed by atoms with Crippen LogP contribution in [0.15, 0.2) is 47.2 Å². The molecule has 0 unspecified atom stereocenters. The Morgan fingerprint density at radius 3 is 2.72 bits per heavy atom. The van der Waals surface area contributed by atoms with E-state index >= 15 is 0 Å². The number of hydrogen-bond acceptors (Lipinski definition) is 1. The van der Waals surface area contributed by atoms with Crippen molar-refractivity contribution in [3.8, 4) is 0 Å². The Balaban J connectivity index is 1.91. The monoisotopic (exact) mass is 326 g/mol. The lowest BCUT2D eigenvalue weighted by atomic mass is 10.2. The van der Waals surface area contributed by atoms with E-state index in [-0.39, 0.29) is 5.91 Å². The molecule has 0 fully saturated rings. The van der Waals surface area contributed by atoms with Crippen LogP contribution in [0.2, 0.25) is 5.02 Å². The van der Waals surface area contributed by atoms with Crippen LogP contribution in [0.5, 0.6) is 0 Å². The van der Waals surface area contributed by atoms with Crippen LogP contribution in [0, 0.1) is 0 Å². The molecule has 0 aliphatic rings. The van der Waals surface area contributed by atoms with Crippen LogP contribution >= 0.6 is 27.5 Å². The van der Waals surface area contributed by atoms with Crippen molar-refractivity contribution in [3.05, 3.63) is 57.8 Å². The number of aromatic nitrogens is 1. The van der Waals surface area contributed by atoms with Gasteiger partial charge < -0.3 is 9.88 Å². The van der Waals surface area contributed by atoms with Crippen molar-refractivity contribution in [3.63, 3.8) is 0 Å². The average Bonchev–Trinajstić information content (AvgIpc) is 2.81. The van der Waals surface area contributed by atoms with E-state index in [4.69, 9.17) is 11.6 Å². The van der Waals surface area contributed by atoms with Crippen molar-refractivity contribution in [2.24, 2.45) is 0 Å². The molecule has 3 nitrogen and oxygen atoms in total. The molecule has 5 heteroatoms. The topological polar surface area (TPSA) is 34.0 Å². The van der Waals surface area contributed by atoms with Gasteiger partial charge in [0.15, 0.2) is 0 Å². The SMILES string of the molecule is O=C(NCCn1cccc1)c1ccc(Cl)cc1Br. The molecule has 0 radical (unpaired) electrons. The summed E-state index contributed by atoms with van der Waals surface area (Å²) in [7, 11) is 0. The summed E-state index contributed by atoms with van der Waals surface area (Å²) in [5.74, 6) is -0.106. The van der Waals surface area contributed by atoms with Gasteiger partial charge in [-0.15, -0.1) is 0 Å². The van der Waals surface area contributed by atoms with Gasteiger partial charge in [-0.3, -0.25) is 4.79 Å². The van der Waals surface area contributed by atoms with E-state index in [1.807, 2.05) is 29.1 Å². The van der Waals surface area contributed by atoms with Crippen molar-refractivity contribution in [2.75, 3.05) is 6.54 Å². The van der Waals surface area contributed by atoms with E-state index < -0.39 is 0 Å². The lowest BCUT2D eigenvalue weighted by Crippen LogP contribution is -2.27. The number of rotatable bonds is 4. The van der Waals surface area contributed by atoms with Gasteiger partial charge in [0.2, 0.25) is 0 Å². The molecule has 18 heavy (non-hydrogen) atoms. The number of amides is 1. The Morgan fingerprint density at radius 2 is 2.06 bits per heavy atom. The summed E-state index contributed by atoms with van der Waals surface area (Å²) >= 11 is 9.16. The molecule has 1 aromatic heterocycles. The van der Waals surface area contributed by atoms with Crippen molar-refractivity contribution in [1.29, 1.82) is 0 Å². The van der Waals surface area contributed by atoms with Crippen LogP contribution in [0.1, 0.15) is 10.4 Å². The van der Waals surface area contributed by atoms with Gasteiger partial charge >= 0.3 is 0 Å². The fourth-order valence-corrected chi connectivity index (χ4v) is 2.45. The van der Waals surface area contributed by atoms with Crippen LogP contribution < -0.4 is 5.32 Å². The van der Waals surface area contributed by atoms with Gasteiger partial charge in [-0.05, 0) is 46.3 Å². The van der Waals surface area contributed by atoms with E-state index in [0.29, 0.717) is 21.6 Å². The predicted molar refractivity (Wildman–Crippen MR) is 75.9 cm³/mol. The summed E-state index contributed by atoms with van der Waals surface area (Å²) in [6, 6.07) is 9.03. The van der Waals surface area contributed by atoms with Crippen molar-refractivity contribution in [2.45, 2.75) is 6.54 Å². The summed E-state index contributed by atoms with van der Waals surface area (Å²) in [5.41, 5.74) is 0.590. The molecule has 0 spiro atoms. The Hall–Kier alpha value is -1.26. The molecule has 1 aromatic carbocycles. The number of carbonyl (C=O) groups excluding carboxylic acids is 1. The van der Waals surface area contributed by atoms with Gasteiger partial charge in [0.05, 0.1) is 5.56 Å². The van der Waals surface area contributed by atoms with Crippen LogP contribution in [0.3, 0.4) is 0 Å². The van der Waals surface area contributed by atoms with Crippen molar-refractivity contribution in [1.82, 2.24) is 9.88 Å². The Morgan fingerprint density at radius 1 is 1.33 bits per heavy atom. The molecular weight excluding hydrogens is 316 g/mol. The second-order valence-corrected chi connectivity index (χ2v) is 5.09. The summed E-state index contributed by atoms with van der Waals surface area (Å²) in [6.07, 6.45) is 3.93. The molecule has 0 saturated heterocycles. The minimum absolute atomic E-state index is 0.106. The average molecular weight is 328 g/mol. The first-order valence-corrected chi connectivity index (χ1v) is 6.68. The molecule has 0 bridgehead atoms. The van der Waals surface area contributed by atoms with Gasteiger partial charge in [-0.1, -0.05) is 11.6 Å². The number of hydrogen-bond donors (Lipinski definition) is 1. The standard InChI is InChI=1S/C13H12BrClN2O/c14-12-9-10(15)3-4-11(12)13(18)16-5-8-17-6-1-2-7-17/h1-4,6-7,9H,5,8H2,(H,16,18). The number of benzene rings is 1. The zero-order valence-electron chi connectivity index (χ0n) is 9.57. The van der Waals surface area contributed by atoms with E-state index in [1.54, 1.807) is 18.2 Å². The number of halogens is 2. The van der Waals surface area contributed by atoms with Gasteiger partial charge in [-0.25, -0.2) is 0 Å². The van der Waals surface area contributed by atoms with Crippen LogP contribution in [-0.2, 0) is 6.54 Å². The number of carbonyl (C=O) groups is 1. The molecular formula is C13H12BrClN2O. The lowest BCUT2D eigenvalue weighted by Gasteiger charge is -2.07.